The highest BCUT2D eigenvalue weighted by Gasteiger charge is 2.34. The first kappa shape index (κ1) is 18.7. The fourth-order valence-electron chi connectivity index (χ4n) is 2.58. The predicted molar refractivity (Wildman–Crippen MR) is 92.2 cm³/mol. The highest BCUT2D eigenvalue weighted by molar-refractivity contribution is 7.80. The van der Waals surface area contributed by atoms with E-state index in [-0.39, 0.29) is 16.9 Å². The summed E-state index contributed by atoms with van der Waals surface area (Å²) in [5.41, 5.74) is -0.966. The maximum atomic E-state index is 13.1. The Labute approximate surface area is 145 Å². The zero-order chi connectivity index (χ0) is 17.7. The first-order valence-corrected chi connectivity index (χ1v) is 8.46. The van der Waals surface area contributed by atoms with Crippen LogP contribution < -0.4 is 15.5 Å². The second kappa shape index (κ2) is 7.96. The fraction of sp³-hybridized carbons (Fsp3) is 0.667. The summed E-state index contributed by atoms with van der Waals surface area (Å²) in [7, 11) is 0. The van der Waals surface area contributed by atoms with Crippen LogP contribution in [0.5, 0.6) is 0 Å². The largest absolute Gasteiger partial charge is 0.433 e. The lowest BCUT2D eigenvalue weighted by atomic mass is 10.0. The van der Waals surface area contributed by atoms with Crippen molar-refractivity contribution in [2.45, 2.75) is 39.3 Å². The molecule has 24 heavy (non-hydrogen) atoms. The molecule has 0 amide bonds. The minimum Gasteiger partial charge on any atom is -0.362 e. The van der Waals surface area contributed by atoms with Gasteiger partial charge in [-0.15, -0.1) is 0 Å². The number of anilines is 2. The Morgan fingerprint density at radius 1 is 1.42 bits per heavy atom. The summed E-state index contributed by atoms with van der Waals surface area (Å²) in [6, 6.07) is 1.01. The Hall–Kier alpha value is -1.64. The van der Waals surface area contributed by atoms with Gasteiger partial charge in [0.1, 0.15) is 5.82 Å². The van der Waals surface area contributed by atoms with Crippen LogP contribution in [0.3, 0.4) is 0 Å². The van der Waals surface area contributed by atoms with Gasteiger partial charge in [-0.3, -0.25) is 0 Å². The quantitative estimate of drug-likeness (QED) is 0.802. The van der Waals surface area contributed by atoms with Crippen LogP contribution in [0.15, 0.2) is 6.07 Å². The molecule has 0 aromatic carbocycles. The fourth-order valence-corrected chi connectivity index (χ4v) is 2.77. The second-order valence-electron chi connectivity index (χ2n) is 6.01. The first-order valence-electron chi connectivity index (χ1n) is 8.05. The molecule has 2 rings (SSSR count). The predicted octanol–water partition coefficient (Wildman–Crippen LogP) is 3.43. The van der Waals surface area contributed by atoms with Crippen LogP contribution in [-0.2, 0) is 6.18 Å². The van der Waals surface area contributed by atoms with E-state index in [0.29, 0.717) is 25.6 Å². The van der Waals surface area contributed by atoms with Crippen molar-refractivity contribution in [3.05, 3.63) is 11.8 Å². The lowest BCUT2D eigenvalue weighted by molar-refractivity contribution is -0.141. The summed E-state index contributed by atoms with van der Waals surface area (Å²) in [4.78, 5) is 9.67. The van der Waals surface area contributed by atoms with Crippen molar-refractivity contribution >= 4 is 29.1 Å². The van der Waals surface area contributed by atoms with Gasteiger partial charge in [0.25, 0.3) is 0 Å². The summed E-state index contributed by atoms with van der Waals surface area (Å²) in [5, 5.41) is 5.76. The number of rotatable bonds is 4. The molecule has 1 aliphatic rings. The number of hydrogen-bond acceptors (Lipinski definition) is 4. The topological polar surface area (TPSA) is 53.1 Å². The highest BCUT2D eigenvalue weighted by Crippen LogP contribution is 2.31. The van der Waals surface area contributed by atoms with Crippen LogP contribution in [-0.4, -0.2) is 34.7 Å². The molecule has 0 aliphatic carbocycles. The zero-order valence-corrected chi connectivity index (χ0v) is 14.6. The molecule has 1 fully saturated rings. The standard InChI is InChI=1S/C15H22F3N5S/c1-3-6-19-14(24)22-13-20-11(15(16,17)18)8-12(21-13)23-7-4-5-10(2)9-23/h8,10H,3-7,9H2,1-2H3,(H2,19,20,21,22,24). The van der Waals surface area contributed by atoms with Crippen LogP contribution in [0, 0.1) is 5.92 Å². The molecular weight excluding hydrogens is 339 g/mol. The van der Waals surface area contributed by atoms with Gasteiger partial charge in [-0.05, 0) is 37.4 Å². The second-order valence-corrected chi connectivity index (χ2v) is 6.42. The number of nitrogens with zero attached hydrogens (tertiary/aromatic N) is 3. The van der Waals surface area contributed by atoms with E-state index in [2.05, 4.69) is 27.5 Å². The summed E-state index contributed by atoms with van der Waals surface area (Å²) in [6.45, 7) is 6.05. The number of aromatic nitrogens is 2. The molecule has 2 N–H and O–H groups in total. The van der Waals surface area contributed by atoms with Gasteiger partial charge >= 0.3 is 6.18 Å². The molecule has 0 saturated carbocycles. The van der Waals surface area contributed by atoms with E-state index in [9.17, 15) is 13.2 Å². The molecule has 0 bridgehead atoms. The van der Waals surface area contributed by atoms with E-state index >= 15 is 0 Å². The van der Waals surface area contributed by atoms with Crippen molar-refractivity contribution in [1.82, 2.24) is 15.3 Å². The Morgan fingerprint density at radius 3 is 2.79 bits per heavy atom. The summed E-state index contributed by atoms with van der Waals surface area (Å²) < 4.78 is 39.4. The number of piperidine rings is 1. The Bertz CT molecular complexity index is 579. The Kier molecular flexibility index (Phi) is 6.20. The molecule has 1 atom stereocenters. The van der Waals surface area contributed by atoms with Crippen LogP contribution in [0.1, 0.15) is 38.8 Å². The molecule has 1 saturated heterocycles. The smallest absolute Gasteiger partial charge is 0.362 e. The van der Waals surface area contributed by atoms with Crippen LogP contribution in [0.2, 0.25) is 0 Å². The highest BCUT2D eigenvalue weighted by atomic mass is 32.1. The van der Waals surface area contributed by atoms with Gasteiger partial charge in [-0.2, -0.15) is 18.2 Å². The zero-order valence-electron chi connectivity index (χ0n) is 13.8. The van der Waals surface area contributed by atoms with Crippen LogP contribution in [0.25, 0.3) is 0 Å². The summed E-state index contributed by atoms with van der Waals surface area (Å²) in [6.07, 6.45) is -1.67. The van der Waals surface area contributed by atoms with E-state index in [1.807, 2.05) is 11.8 Å². The maximum absolute atomic E-state index is 13.1. The van der Waals surface area contributed by atoms with Gasteiger partial charge in [-0.25, -0.2) is 4.98 Å². The lowest BCUT2D eigenvalue weighted by Gasteiger charge is -2.32. The molecule has 1 aliphatic heterocycles. The van der Waals surface area contributed by atoms with Crippen molar-refractivity contribution in [3.8, 4) is 0 Å². The number of nitrogens with one attached hydrogen (secondary N) is 2. The monoisotopic (exact) mass is 361 g/mol. The number of alkyl halides is 3. The first-order chi connectivity index (χ1) is 11.3. The molecule has 5 nitrogen and oxygen atoms in total. The molecular formula is C15H22F3N5S. The van der Waals surface area contributed by atoms with Gasteiger partial charge in [-0.1, -0.05) is 13.8 Å². The minimum absolute atomic E-state index is 0.133. The third-order valence-electron chi connectivity index (χ3n) is 3.74. The van der Waals surface area contributed by atoms with Crippen molar-refractivity contribution < 1.29 is 13.2 Å². The molecule has 2 heterocycles. The van der Waals surface area contributed by atoms with E-state index in [1.54, 1.807) is 0 Å². The van der Waals surface area contributed by atoms with E-state index in [4.69, 9.17) is 12.2 Å². The Morgan fingerprint density at radius 2 is 2.17 bits per heavy atom. The SMILES string of the molecule is CCCNC(=S)Nc1nc(N2CCCC(C)C2)cc(C(F)(F)F)n1. The molecule has 1 aromatic heterocycles. The minimum atomic E-state index is -4.53. The van der Waals surface area contributed by atoms with Gasteiger partial charge in [0, 0.05) is 25.7 Å². The normalized spacial score (nSPS) is 18.4. The van der Waals surface area contributed by atoms with E-state index in [0.717, 1.165) is 25.3 Å². The van der Waals surface area contributed by atoms with Crippen molar-refractivity contribution in [2.75, 3.05) is 29.9 Å². The maximum Gasteiger partial charge on any atom is 0.433 e. The van der Waals surface area contributed by atoms with Gasteiger partial charge in [0.2, 0.25) is 5.95 Å². The molecule has 134 valence electrons. The molecule has 1 aromatic rings. The molecule has 9 heteroatoms. The van der Waals surface area contributed by atoms with Crippen molar-refractivity contribution in [1.29, 1.82) is 0 Å². The van der Waals surface area contributed by atoms with Crippen LogP contribution in [0.4, 0.5) is 24.9 Å². The number of halogens is 3. The van der Waals surface area contributed by atoms with E-state index < -0.39 is 11.9 Å². The number of hydrogen-bond donors (Lipinski definition) is 2. The summed E-state index contributed by atoms with van der Waals surface area (Å²) in [5.74, 6) is 0.572. The molecule has 1 unspecified atom stereocenters. The molecule has 0 radical (unpaired) electrons. The van der Waals surface area contributed by atoms with Gasteiger partial charge in [0.05, 0.1) is 0 Å². The third kappa shape index (κ3) is 5.19. The molecule has 0 spiro atoms. The Balaban J connectivity index is 2.26. The van der Waals surface area contributed by atoms with Gasteiger partial charge < -0.3 is 15.5 Å². The van der Waals surface area contributed by atoms with Gasteiger partial charge in [0.15, 0.2) is 10.8 Å². The average Bonchev–Trinajstić information content (AvgIpc) is 2.52. The third-order valence-corrected chi connectivity index (χ3v) is 3.99. The van der Waals surface area contributed by atoms with Crippen molar-refractivity contribution in [3.63, 3.8) is 0 Å². The van der Waals surface area contributed by atoms with Crippen molar-refractivity contribution in [2.24, 2.45) is 5.92 Å². The average molecular weight is 361 g/mol. The number of thiocarbonyl (C=S) groups is 1. The van der Waals surface area contributed by atoms with E-state index in [1.165, 1.54) is 0 Å². The van der Waals surface area contributed by atoms with Crippen LogP contribution >= 0.6 is 12.2 Å². The summed E-state index contributed by atoms with van der Waals surface area (Å²) >= 11 is 5.06. The lowest BCUT2D eigenvalue weighted by Crippen LogP contribution is -2.36.